The fraction of sp³-hybridized carbons (Fsp3) is 0.0833. The van der Waals surface area contributed by atoms with Crippen molar-refractivity contribution in [3.8, 4) is 11.5 Å². The topological polar surface area (TPSA) is 78.6 Å². The quantitative estimate of drug-likeness (QED) is 0.139. The van der Waals surface area contributed by atoms with Gasteiger partial charge < -0.3 is 9.47 Å². The van der Waals surface area contributed by atoms with E-state index >= 15 is 0 Å². The molecular formula is C24H18ClFN4O3S. The molecule has 0 radical (unpaired) electrons. The van der Waals surface area contributed by atoms with E-state index in [9.17, 15) is 9.18 Å². The third-order valence-electron chi connectivity index (χ3n) is 4.58. The molecule has 0 atom stereocenters. The first kappa shape index (κ1) is 23.5. The summed E-state index contributed by atoms with van der Waals surface area (Å²) in [7, 11) is 1.47. The molecule has 3 aromatic carbocycles. The van der Waals surface area contributed by atoms with E-state index < -0.39 is 11.8 Å². The number of ether oxygens (including phenoxy) is 2. The Hall–Kier alpha value is -3.69. The van der Waals surface area contributed by atoms with Gasteiger partial charge in [0.05, 0.1) is 18.9 Å². The van der Waals surface area contributed by atoms with Crippen molar-refractivity contribution < 1.29 is 18.7 Å². The monoisotopic (exact) mass is 496 g/mol. The van der Waals surface area contributed by atoms with Crippen LogP contribution in [-0.2, 0) is 5.75 Å². The lowest BCUT2D eigenvalue weighted by Crippen LogP contribution is -2.09. The number of hydrogen-bond donors (Lipinski definition) is 0. The normalized spacial score (nSPS) is 11.0. The Balaban J connectivity index is 1.43. The van der Waals surface area contributed by atoms with Gasteiger partial charge in [-0.2, -0.15) is 9.78 Å². The molecule has 0 bridgehead atoms. The number of thioether (sulfide) groups is 1. The summed E-state index contributed by atoms with van der Waals surface area (Å²) in [6.45, 7) is 0. The number of carbonyl (C=O) groups is 1. The minimum Gasteiger partial charge on any atom is -0.493 e. The number of benzene rings is 3. The van der Waals surface area contributed by atoms with Crippen molar-refractivity contribution >= 4 is 35.5 Å². The van der Waals surface area contributed by atoms with E-state index in [1.54, 1.807) is 29.1 Å². The zero-order valence-corrected chi connectivity index (χ0v) is 19.5. The summed E-state index contributed by atoms with van der Waals surface area (Å²) < 4.78 is 25.4. The van der Waals surface area contributed by atoms with E-state index in [2.05, 4.69) is 15.3 Å². The molecule has 4 rings (SSSR count). The average molecular weight is 497 g/mol. The Morgan fingerprint density at radius 2 is 1.88 bits per heavy atom. The van der Waals surface area contributed by atoms with Crippen LogP contribution < -0.4 is 9.47 Å². The van der Waals surface area contributed by atoms with Crippen LogP contribution in [-0.4, -0.2) is 34.2 Å². The minimum atomic E-state index is -0.619. The van der Waals surface area contributed by atoms with E-state index in [0.29, 0.717) is 27.2 Å². The van der Waals surface area contributed by atoms with E-state index in [1.165, 1.54) is 49.5 Å². The summed E-state index contributed by atoms with van der Waals surface area (Å²) in [5.41, 5.74) is 2.04. The van der Waals surface area contributed by atoms with Crippen molar-refractivity contribution in [2.75, 3.05) is 7.11 Å². The molecule has 1 aromatic heterocycles. The van der Waals surface area contributed by atoms with Gasteiger partial charge in [0.1, 0.15) is 12.1 Å². The van der Waals surface area contributed by atoms with Crippen LogP contribution in [0.3, 0.4) is 0 Å². The summed E-state index contributed by atoms with van der Waals surface area (Å²) in [6, 6.07) is 17.7. The molecular weight excluding hydrogens is 479 g/mol. The summed E-state index contributed by atoms with van der Waals surface area (Å²) >= 11 is 7.42. The fourth-order valence-corrected chi connectivity index (χ4v) is 3.79. The smallest absolute Gasteiger partial charge is 0.343 e. The third kappa shape index (κ3) is 6.00. The maximum absolute atomic E-state index is 13.1. The van der Waals surface area contributed by atoms with Gasteiger partial charge in [0.25, 0.3) is 0 Å². The zero-order chi connectivity index (χ0) is 23.9. The van der Waals surface area contributed by atoms with Crippen LogP contribution in [0.4, 0.5) is 4.39 Å². The van der Waals surface area contributed by atoms with Crippen molar-refractivity contribution in [1.29, 1.82) is 0 Å². The molecule has 7 nitrogen and oxygen atoms in total. The number of carbonyl (C=O) groups excluding carboxylic acids is 1. The van der Waals surface area contributed by atoms with E-state index in [-0.39, 0.29) is 11.3 Å². The van der Waals surface area contributed by atoms with E-state index in [4.69, 9.17) is 21.1 Å². The molecule has 34 heavy (non-hydrogen) atoms. The van der Waals surface area contributed by atoms with Gasteiger partial charge in [-0.15, -0.1) is 10.2 Å². The Kier molecular flexibility index (Phi) is 7.56. The number of esters is 1. The summed E-state index contributed by atoms with van der Waals surface area (Å²) in [6.07, 6.45) is 3.13. The summed E-state index contributed by atoms with van der Waals surface area (Å²) in [4.78, 5) is 12.3. The van der Waals surface area contributed by atoms with Crippen LogP contribution in [0, 0.1) is 5.82 Å². The molecule has 0 aliphatic rings. The van der Waals surface area contributed by atoms with Gasteiger partial charge in [-0.05, 0) is 65.7 Å². The van der Waals surface area contributed by atoms with Crippen LogP contribution in [0.1, 0.15) is 21.5 Å². The Bertz CT molecular complexity index is 1310. The lowest BCUT2D eigenvalue weighted by atomic mass is 10.2. The first-order valence-electron chi connectivity index (χ1n) is 9.99. The molecule has 1 heterocycles. The van der Waals surface area contributed by atoms with Gasteiger partial charge in [-0.1, -0.05) is 35.5 Å². The Labute approximate surface area is 204 Å². The zero-order valence-electron chi connectivity index (χ0n) is 17.9. The second-order valence-electron chi connectivity index (χ2n) is 6.92. The largest absolute Gasteiger partial charge is 0.493 e. The Morgan fingerprint density at radius 3 is 2.62 bits per heavy atom. The van der Waals surface area contributed by atoms with Gasteiger partial charge in [-0.3, -0.25) is 0 Å². The second kappa shape index (κ2) is 11.0. The molecule has 172 valence electrons. The van der Waals surface area contributed by atoms with Gasteiger partial charge in [0.2, 0.25) is 5.16 Å². The van der Waals surface area contributed by atoms with Gasteiger partial charge >= 0.3 is 5.97 Å². The van der Waals surface area contributed by atoms with Crippen LogP contribution >= 0.6 is 23.4 Å². The lowest BCUT2D eigenvalue weighted by Gasteiger charge is -2.10. The number of aromatic nitrogens is 3. The molecule has 0 saturated carbocycles. The molecule has 0 unspecified atom stereocenters. The molecule has 0 aliphatic carbocycles. The molecule has 0 fully saturated rings. The highest BCUT2D eigenvalue weighted by molar-refractivity contribution is 7.98. The predicted octanol–water partition coefficient (Wildman–Crippen LogP) is 5.47. The number of halogens is 2. The van der Waals surface area contributed by atoms with Crippen molar-refractivity contribution in [3.63, 3.8) is 0 Å². The Morgan fingerprint density at radius 1 is 1.12 bits per heavy atom. The van der Waals surface area contributed by atoms with E-state index in [1.807, 2.05) is 24.3 Å². The SMILES string of the molecule is COc1cc(/C=N/n2cnnc2SCc2ccc(Cl)cc2)ccc1OC(=O)c1ccc(F)cc1. The van der Waals surface area contributed by atoms with E-state index in [0.717, 1.165) is 5.56 Å². The average Bonchev–Trinajstić information content (AvgIpc) is 3.30. The number of rotatable bonds is 8. The summed E-state index contributed by atoms with van der Waals surface area (Å²) in [5.74, 6) is 0.217. The van der Waals surface area contributed by atoms with Crippen molar-refractivity contribution in [2.24, 2.45) is 5.10 Å². The van der Waals surface area contributed by atoms with Gasteiger partial charge in [-0.25, -0.2) is 9.18 Å². The maximum atomic E-state index is 13.1. The van der Waals surface area contributed by atoms with Crippen molar-refractivity contribution in [2.45, 2.75) is 10.9 Å². The molecule has 0 N–H and O–H groups in total. The van der Waals surface area contributed by atoms with Crippen molar-refractivity contribution in [3.05, 3.63) is 101 Å². The fourth-order valence-electron chi connectivity index (χ4n) is 2.84. The minimum absolute atomic E-state index is 0.227. The molecule has 4 aromatic rings. The molecule has 0 aliphatic heterocycles. The molecule has 0 spiro atoms. The van der Waals surface area contributed by atoms with Crippen LogP contribution in [0.2, 0.25) is 5.02 Å². The van der Waals surface area contributed by atoms with Crippen LogP contribution in [0.25, 0.3) is 0 Å². The third-order valence-corrected chi connectivity index (χ3v) is 5.84. The number of nitrogens with zero attached hydrogens (tertiary/aromatic N) is 4. The first-order valence-corrected chi connectivity index (χ1v) is 11.4. The predicted molar refractivity (Wildman–Crippen MR) is 128 cm³/mol. The van der Waals surface area contributed by atoms with Gasteiger partial charge in [0.15, 0.2) is 11.5 Å². The standard InChI is InChI=1S/C24H18ClFN4O3S/c1-32-22-12-17(4-11-21(22)33-23(31)18-5-9-20(26)10-6-18)13-28-30-15-27-29-24(30)34-14-16-2-7-19(25)8-3-16/h2-13,15H,14H2,1H3/b28-13+. The molecule has 0 amide bonds. The van der Waals surface area contributed by atoms with Crippen LogP contribution in [0.5, 0.6) is 11.5 Å². The van der Waals surface area contributed by atoms with Crippen LogP contribution in [0.15, 0.2) is 83.3 Å². The number of hydrogen-bond acceptors (Lipinski definition) is 7. The summed E-state index contributed by atoms with van der Waals surface area (Å²) in [5, 5.41) is 13.8. The second-order valence-corrected chi connectivity index (χ2v) is 8.30. The highest BCUT2D eigenvalue weighted by Crippen LogP contribution is 2.28. The molecule has 0 saturated heterocycles. The van der Waals surface area contributed by atoms with Gasteiger partial charge in [0, 0.05) is 10.8 Å². The lowest BCUT2D eigenvalue weighted by molar-refractivity contribution is 0.0729. The maximum Gasteiger partial charge on any atom is 0.343 e. The number of methoxy groups -OCH3 is 1. The van der Waals surface area contributed by atoms with Crippen molar-refractivity contribution in [1.82, 2.24) is 14.9 Å². The first-order chi connectivity index (χ1) is 16.5. The highest BCUT2D eigenvalue weighted by Gasteiger charge is 2.13. The molecule has 10 heteroatoms. The highest BCUT2D eigenvalue weighted by atomic mass is 35.5.